The minimum absolute atomic E-state index is 0.467. The molecule has 6 heteroatoms. The van der Waals surface area contributed by atoms with Crippen molar-refractivity contribution in [2.24, 2.45) is 0 Å². The van der Waals surface area contributed by atoms with Gasteiger partial charge in [-0.05, 0) is 53.4 Å². The number of fused-ring (bicyclic) bond motifs is 1. The lowest BCUT2D eigenvalue weighted by Gasteiger charge is -2.40. The molecule has 4 rings (SSSR count). The summed E-state index contributed by atoms with van der Waals surface area (Å²) in [6.45, 7) is 4.53. The average molecular weight is 414 g/mol. The van der Waals surface area contributed by atoms with Gasteiger partial charge in [0.15, 0.2) is 5.82 Å². The number of anilines is 1. The molecule has 0 aliphatic carbocycles. The molecule has 1 aliphatic rings. The van der Waals surface area contributed by atoms with Gasteiger partial charge in [-0.2, -0.15) is 5.10 Å². The van der Waals surface area contributed by atoms with E-state index in [1.165, 1.54) is 5.56 Å². The van der Waals surface area contributed by atoms with Gasteiger partial charge in [0.1, 0.15) is 16.4 Å². The van der Waals surface area contributed by atoms with Crippen molar-refractivity contribution in [3.8, 4) is 0 Å². The van der Waals surface area contributed by atoms with Gasteiger partial charge in [0.25, 0.3) is 0 Å². The Labute approximate surface area is 162 Å². The van der Waals surface area contributed by atoms with Crippen LogP contribution in [-0.2, 0) is 0 Å². The molecule has 2 aromatic heterocycles. The molecule has 3 heterocycles. The topological polar surface area (TPSA) is 36.7 Å². The smallest absolute Gasteiger partial charge is 0.156 e. The quantitative estimate of drug-likeness (QED) is 0.643. The number of hydrogen-bond donors (Lipinski definition) is 0. The van der Waals surface area contributed by atoms with E-state index in [9.17, 15) is 0 Å². The molecular weight excluding hydrogens is 390 g/mol. The van der Waals surface area contributed by atoms with Crippen LogP contribution in [0.5, 0.6) is 0 Å². The van der Waals surface area contributed by atoms with Crippen molar-refractivity contribution in [1.82, 2.24) is 19.5 Å². The summed E-state index contributed by atoms with van der Waals surface area (Å²) in [5.41, 5.74) is 2.44. The van der Waals surface area contributed by atoms with E-state index in [2.05, 4.69) is 86.2 Å². The van der Waals surface area contributed by atoms with Crippen LogP contribution in [0.2, 0.25) is 0 Å². The summed E-state index contributed by atoms with van der Waals surface area (Å²) in [5, 5.41) is 4.32. The normalized spacial score (nSPS) is 17.5. The van der Waals surface area contributed by atoms with Crippen molar-refractivity contribution in [2.45, 2.75) is 31.8 Å². The third-order valence-electron chi connectivity index (χ3n) is 5.60. The lowest BCUT2D eigenvalue weighted by molar-refractivity contribution is 0.161. The van der Waals surface area contributed by atoms with Gasteiger partial charge in [0.05, 0.1) is 0 Å². The Morgan fingerprint density at radius 3 is 2.58 bits per heavy atom. The minimum Gasteiger partial charge on any atom is -0.355 e. The summed E-state index contributed by atoms with van der Waals surface area (Å²) in [4.78, 5) is 9.47. The summed E-state index contributed by atoms with van der Waals surface area (Å²) in [6.07, 6.45) is 3.92. The molecular formula is C20H24BrN5. The first-order valence-electron chi connectivity index (χ1n) is 9.15. The Kier molecular flexibility index (Phi) is 4.96. The Bertz CT molecular complexity index is 870. The maximum Gasteiger partial charge on any atom is 0.156 e. The molecule has 0 N–H and O–H groups in total. The average Bonchev–Trinajstić information content (AvgIpc) is 3.09. The largest absolute Gasteiger partial charge is 0.355 e. The second kappa shape index (κ2) is 7.37. The first-order valence-corrected chi connectivity index (χ1v) is 9.94. The third kappa shape index (κ3) is 3.23. The number of nitrogens with zero attached hydrogens (tertiary/aromatic N) is 5. The zero-order valence-electron chi connectivity index (χ0n) is 15.2. The van der Waals surface area contributed by atoms with Gasteiger partial charge in [-0.15, -0.1) is 0 Å². The van der Waals surface area contributed by atoms with Gasteiger partial charge in [-0.1, -0.05) is 30.3 Å². The van der Waals surface area contributed by atoms with E-state index in [0.717, 1.165) is 41.9 Å². The highest BCUT2D eigenvalue weighted by Gasteiger charge is 2.27. The summed E-state index contributed by atoms with van der Waals surface area (Å²) in [6, 6.07) is 15.9. The zero-order chi connectivity index (χ0) is 18.1. The molecule has 0 spiro atoms. The predicted molar refractivity (Wildman–Crippen MR) is 109 cm³/mol. The monoisotopic (exact) mass is 413 g/mol. The molecule has 1 atom stereocenters. The second-order valence-corrected chi connectivity index (χ2v) is 7.81. The number of benzene rings is 1. The fraction of sp³-hybridized carbons (Fsp3) is 0.400. The van der Waals surface area contributed by atoms with Crippen LogP contribution in [0.25, 0.3) is 5.52 Å². The fourth-order valence-electron chi connectivity index (χ4n) is 3.94. The lowest BCUT2D eigenvalue weighted by Crippen LogP contribution is -2.44. The number of likely N-dealkylation sites (tertiary alicyclic amines) is 1. The summed E-state index contributed by atoms with van der Waals surface area (Å²) < 4.78 is 2.85. The van der Waals surface area contributed by atoms with Crippen molar-refractivity contribution in [1.29, 1.82) is 0 Å². The van der Waals surface area contributed by atoms with E-state index in [0.29, 0.717) is 12.1 Å². The van der Waals surface area contributed by atoms with Crippen LogP contribution in [0.15, 0.2) is 53.4 Å². The molecule has 136 valence electrons. The Balaban J connectivity index is 1.46. The number of hydrogen-bond acceptors (Lipinski definition) is 4. The molecule has 26 heavy (non-hydrogen) atoms. The Hall–Kier alpha value is -1.92. The first kappa shape index (κ1) is 17.5. The number of aromatic nitrogens is 3. The van der Waals surface area contributed by atoms with Crippen molar-refractivity contribution < 1.29 is 0 Å². The van der Waals surface area contributed by atoms with Gasteiger partial charge >= 0.3 is 0 Å². The minimum atomic E-state index is 0.467. The van der Waals surface area contributed by atoms with E-state index in [1.54, 1.807) is 6.33 Å². The van der Waals surface area contributed by atoms with E-state index in [-0.39, 0.29) is 0 Å². The van der Waals surface area contributed by atoms with Crippen LogP contribution in [0, 0.1) is 0 Å². The van der Waals surface area contributed by atoms with Crippen LogP contribution in [0.1, 0.15) is 31.4 Å². The summed E-state index contributed by atoms with van der Waals surface area (Å²) >= 11 is 3.54. The van der Waals surface area contributed by atoms with Gasteiger partial charge in [-0.3, -0.25) is 4.90 Å². The molecule has 3 aromatic rings. The van der Waals surface area contributed by atoms with Gasteiger partial charge < -0.3 is 4.90 Å². The number of rotatable bonds is 4. The van der Waals surface area contributed by atoms with E-state index in [4.69, 9.17) is 0 Å². The molecule has 1 aromatic carbocycles. The van der Waals surface area contributed by atoms with Crippen LogP contribution in [0.4, 0.5) is 5.82 Å². The maximum atomic E-state index is 4.56. The molecule has 0 radical (unpaired) electrons. The number of halogens is 1. The fourth-order valence-corrected chi connectivity index (χ4v) is 4.35. The van der Waals surface area contributed by atoms with Gasteiger partial charge in [-0.25, -0.2) is 9.50 Å². The second-order valence-electron chi connectivity index (χ2n) is 7.00. The Morgan fingerprint density at radius 1 is 1.12 bits per heavy atom. The van der Waals surface area contributed by atoms with Crippen LogP contribution < -0.4 is 4.90 Å². The molecule has 0 saturated carbocycles. The van der Waals surface area contributed by atoms with Crippen molar-refractivity contribution >= 4 is 27.3 Å². The molecule has 1 fully saturated rings. The highest BCUT2D eigenvalue weighted by atomic mass is 79.9. The predicted octanol–water partition coefficient (Wildman–Crippen LogP) is 4.15. The highest BCUT2D eigenvalue weighted by Crippen LogP contribution is 2.29. The number of piperidine rings is 1. The van der Waals surface area contributed by atoms with Crippen LogP contribution in [0.3, 0.4) is 0 Å². The molecule has 1 saturated heterocycles. The molecule has 0 bridgehead atoms. The van der Waals surface area contributed by atoms with Gasteiger partial charge in [0, 0.05) is 32.2 Å². The molecule has 1 aliphatic heterocycles. The standard InChI is InChI=1S/C20H24BrN5/c1-15(16-6-4-3-5-7-16)25-12-10-17(11-13-25)24(2)20-18-8-9-19(21)26(18)23-14-22-20/h3-9,14-15,17H,10-13H2,1-2H3. The maximum absolute atomic E-state index is 4.56. The SMILES string of the molecule is CC(c1ccccc1)N1CCC(N(C)c2ncnn3c(Br)ccc23)CC1. The first-order chi connectivity index (χ1) is 12.6. The summed E-state index contributed by atoms with van der Waals surface area (Å²) in [5.74, 6) is 1.00. The Morgan fingerprint density at radius 2 is 1.85 bits per heavy atom. The summed E-state index contributed by atoms with van der Waals surface area (Å²) in [7, 11) is 2.16. The highest BCUT2D eigenvalue weighted by molar-refractivity contribution is 9.10. The molecule has 1 unspecified atom stereocenters. The molecule has 5 nitrogen and oxygen atoms in total. The van der Waals surface area contributed by atoms with E-state index < -0.39 is 0 Å². The lowest BCUT2D eigenvalue weighted by atomic mass is 9.99. The van der Waals surface area contributed by atoms with Gasteiger partial charge in [0.2, 0.25) is 0 Å². The van der Waals surface area contributed by atoms with Crippen LogP contribution >= 0.6 is 15.9 Å². The zero-order valence-corrected chi connectivity index (χ0v) is 16.8. The third-order valence-corrected chi connectivity index (χ3v) is 6.20. The van der Waals surface area contributed by atoms with Crippen molar-refractivity contribution in [3.05, 3.63) is 59.0 Å². The molecule has 0 amide bonds. The van der Waals surface area contributed by atoms with E-state index in [1.807, 2.05) is 10.6 Å². The van der Waals surface area contributed by atoms with E-state index >= 15 is 0 Å². The van der Waals surface area contributed by atoms with Crippen molar-refractivity contribution in [2.75, 3.05) is 25.0 Å². The van der Waals surface area contributed by atoms with Crippen molar-refractivity contribution in [3.63, 3.8) is 0 Å². The van der Waals surface area contributed by atoms with Crippen LogP contribution in [-0.4, -0.2) is 45.7 Å².